The summed E-state index contributed by atoms with van der Waals surface area (Å²) >= 11 is 10.6. The fourth-order valence-corrected chi connectivity index (χ4v) is 5.93. The SMILES string of the molecule is Cc1sc(Br)cc1S(=O)(=O)NC(CCl)Cc1ccccc1. The molecule has 0 spiro atoms. The van der Waals surface area contributed by atoms with E-state index in [1.54, 1.807) is 13.0 Å². The second-order valence-electron chi connectivity index (χ2n) is 4.63. The lowest BCUT2D eigenvalue weighted by Gasteiger charge is -2.16. The Kier molecular flexibility index (Phi) is 5.85. The van der Waals surface area contributed by atoms with Crippen LogP contribution in [0.1, 0.15) is 10.4 Å². The van der Waals surface area contributed by atoms with E-state index in [2.05, 4.69) is 20.7 Å². The number of benzene rings is 1. The van der Waals surface area contributed by atoms with E-state index in [9.17, 15) is 8.42 Å². The van der Waals surface area contributed by atoms with Gasteiger partial charge in [0.05, 0.1) is 8.68 Å². The molecule has 0 aliphatic rings. The minimum Gasteiger partial charge on any atom is -0.207 e. The lowest BCUT2D eigenvalue weighted by molar-refractivity contribution is 0.561. The van der Waals surface area contributed by atoms with E-state index in [4.69, 9.17) is 11.6 Å². The van der Waals surface area contributed by atoms with Crippen LogP contribution in [0.3, 0.4) is 0 Å². The fourth-order valence-electron chi connectivity index (χ4n) is 2.01. The lowest BCUT2D eigenvalue weighted by atomic mass is 10.1. The van der Waals surface area contributed by atoms with Crippen LogP contribution in [0.4, 0.5) is 0 Å². The molecule has 0 bridgehead atoms. The van der Waals surface area contributed by atoms with Crippen molar-refractivity contribution < 1.29 is 8.42 Å². The molecule has 114 valence electrons. The van der Waals surface area contributed by atoms with Gasteiger partial charge in [-0.2, -0.15) is 0 Å². The average molecular weight is 409 g/mol. The molecule has 7 heteroatoms. The second-order valence-corrected chi connectivity index (χ2v) is 9.26. The van der Waals surface area contributed by atoms with Gasteiger partial charge < -0.3 is 0 Å². The number of halogens is 2. The third-order valence-corrected chi connectivity index (χ3v) is 6.67. The summed E-state index contributed by atoms with van der Waals surface area (Å²) in [5, 5.41) is 0. The Bertz CT molecular complexity index is 701. The summed E-state index contributed by atoms with van der Waals surface area (Å²) in [5.74, 6) is 0.221. The van der Waals surface area contributed by atoms with Crippen LogP contribution in [0.5, 0.6) is 0 Å². The van der Waals surface area contributed by atoms with Crippen LogP contribution in [0.2, 0.25) is 0 Å². The van der Waals surface area contributed by atoms with Crippen molar-refractivity contribution in [2.75, 3.05) is 5.88 Å². The maximum absolute atomic E-state index is 12.4. The molecule has 1 unspecified atom stereocenters. The molecule has 3 nitrogen and oxygen atoms in total. The summed E-state index contributed by atoms with van der Waals surface area (Å²) in [6.45, 7) is 1.79. The summed E-state index contributed by atoms with van der Waals surface area (Å²) in [6.07, 6.45) is 0.563. The normalized spacial score (nSPS) is 13.3. The molecule has 21 heavy (non-hydrogen) atoms. The molecule has 0 aliphatic heterocycles. The van der Waals surface area contributed by atoms with Gasteiger partial charge in [0.2, 0.25) is 10.0 Å². The van der Waals surface area contributed by atoms with Gasteiger partial charge in [-0.25, -0.2) is 13.1 Å². The summed E-state index contributed by atoms with van der Waals surface area (Å²) in [4.78, 5) is 1.06. The number of thiophene rings is 1. The van der Waals surface area contributed by atoms with Crippen molar-refractivity contribution in [2.45, 2.75) is 24.3 Å². The Hall–Kier alpha value is -0.400. The van der Waals surface area contributed by atoms with Gasteiger partial charge in [0, 0.05) is 16.8 Å². The first-order valence-electron chi connectivity index (χ1n) is 6.30. The van der Waals surface area contributed by atoms with E-state index in [0.29, 0.717) is 11.3 Å². The number of aryl methyl sites for hydroxylation is 1. The van der Waals surface area contributed by atoms with E-state index in [-0.39, 0.29) is 11.9 Å². The minimum absolute atomic E-state index is 0.221. The van der Waals surface area contributed by atoms with Crippen LogP contribution < -0.4 is 4.72 Å². The summed E-state index contributed by atoms with van der Waals surface area (Å²) < 4.78 is 28.4. The smallest absolute Gasteiger partial charge is 0.207 e. The maximum Gasteiger partial charge on any atom is 0.242 e. The van der Waals surface area contributed by atoms with Crippen LogP contribution in [0.25, 0.3) is 0 Å². The van der Waals surface area contributed by atoms with Crippen LogP contribution in [0, 0.1) is 6.92 Å². The highest BCUT2D eigenvalue weighted by Gasteiger charge is 2.23. The van der Waals surface area contributed by atoms with Crippen molar-refractivity contribution in [1.29, 1.82) is 0 Å². The predicted molar refractivity (Wildman–Crippen MR) is 91.7 cm³/mol. The van der Waals surface area contributed by atoms with Crippen molar-refractivity contribution >= 4 is 48.9 Å². The quantitative estimate of drug-likeness (QED) is 0.736. The van der Waals surface area contributed by atoms with Crippen molar-refractivity contribution in [3.05, 3.63) is 50.6 Å². The first kappa shape index (κ1) is 17.0. The van der Waals surface area contributed by atoms with Crippen molar-refractivity contribution in [3.63, 3.8) is 0 Å². The van der Waals surface area contributed by atoms with Crippen LogP contribution >= 0.6 is 38.9 Å². The van der Waals surface area contributed by atoms with Crippen LogP contribution in [-0.2, 0) is 16.4 Å². The molecule has 1 atom stereocenters. The highest BCUT2D eigenvalue weighted by atomic mass is 79.9. The Morgan fingerprint density at radius 3 is 2.52 bits per heavy atom. The Morgan fingerprint density at radius 2 is 2.00 bits per heavy atom. The molecule has 1 heterocycles. The van der Waals surface area contributed by atoms with Gasteiger partial charge in [0.1, 0.15) is 0 Å². The Balaban J connectivity index is 2.16. The predicted octanol–water partition coefficient (Wildman–Crippen LogP) is 3.95. The summed E-state index contributed by atoms with van der Waals surface area (Å²) in [5.41, 5.74) is 1.05. The summed E-state index contributed by atoms with van der Waals surface area (Å²) in [6, 6.07) is 11.0. The average Bonchev–Trinajstić information content (AvgIpc) is 2.79. The highest BCUT2D eigenvalue weighted by Crippen LogP contribution is 2.29. The van der Waals surface area contributed by atoms with E-state index in [1.807, 2.05) is 30.3 Å². The van der Waals surface area contributed by atoms with Gasteiger partial charge in [0.25, 0.3) is 0 Å². The van der Waals surface area contributed by atoms with Gasteiger partial charge in [0.15, 0.2) is 0 Å². The largest absolute Gasteiger partial charge is 0.242 e. The highest BCUT2D eigenvalue weighted by molar-refractivity contribution is 9.11. The molecule has 2 rings (SSSR count). The molecular weight excluding hydrogens is 394 g/mol. The lowest BCUT2D eigenvalue weighted by Crippen LogP contribution is -2.37. The molecule has 2 aromatic rings. The second kappa shape index (κ2) is 7.24. The van der Waals surface area contributed by atoms with Crippen molar-refractivity contribution in [1.82, 2.24) is 4.72 Å². The molecule has 0 amide bonds. The van der Waals surface area contributed by atoms with Crippen LogP contribution in [-0.4, -0.2) is 20.3 Å². The zero-order valence-electron chi connectivity index (χ0n) is 11.3. The molecule has 1 aromatic heterocycles. The molecule has 0 saturated carbocycles. The van der Waals surface area contributed by atoms with Crippen LogP contribution in [0.15, 0.2) is 45.1 Å². The number of alkyl halides is 1. The Labute approximate surface area is 142 Å². The third kappa shape index (κ3) is 4.53. The molecule has 1 aromatic carbocycles. The third-order valence-electron chi connectivity index (χ3n) is 2.96. The molecular formula is C14H15BrClNO2S2. The van der Waals surface area contributed by atoms with Gasteiger partial charge in [-0.3, -0.25) is 0 Å². The first-order chi connectivity index (χ1) is 9.92. The topological polar surface area (TPSA) is 46.2 Å². The first-order valence-corrected chi connectivity index (χ1v) is 9.93. The molecule has 1 N–H and O–H groups in total. The van der Waals surface area contributed by atoms with E-state index in [1.165, 1.54) is 11.3 Å². The summed E-state index contributed by atoms with van der Waals surface area (Å²) in [7, 11) is -3.56. The standard InChI is InChI=1S/C14H15BrClNO2S2/c1-10-13(8-14(15)20-10)21(18,19)17-12(9-16)7-11-5-3-2-4-6-11/h2-6,8,12,17H,7,9H2,1H3. The van der Waals surface area contributed by atoms with E-state index >= 15 is 0 Å². The molecule has 0 aliphatic carbocycles. The number of nitrogens with one attached hydrogen (secondary N) is 1. The maximum atomic E-state index is 12.4. The van der Waals surface area contributed by atoms with E-state index in [0.717, 1.165) is 14.2 Å². The van der Waals surface area contributed by atoms with Crippen molar-refractivity contribution in [3.8, 4) is 0 Å². The monoisotopic (exact) mass is 407 g/mol. The zero-order valence-corrected chi connectivity index (χ0v) is 15.3. The molecule has 0 fully saturated rings. The minimum atomic E-state index is -3.56. The number of hydrogen-bond acceptors (Lipinski definition) is 3. The molecule has 0 saturated heterocycles. The number of hydrogen-bond donors (Lipinski definition) is 1. The van der Waals surface area contributed by atoms with E-state index < -0.39 is 10.0 Å². The van der Waals surface area contributed by atoms with Gasteiger partial charge in [-0.05, 0) is 40.9 Å². The van der Waals surface area contributed by atoms with Crippen molar-refractivity contribution in [2.24, 2.45) is 0 Å². The fraction of sp³-hybridized carbons (Fsp3) is 0.286. The number of rotatable bonds is 6. The van der Waals surface area contributed by atoms with Gasteiger partial charge >= 0.3 is 0 Å². The number of sulfonamides is 1. The molecule has 0 radical (unpaired) electrons. The Morgan fingerprint density at radius 1 is 1.33 bits per heavy atom. The van der Waals surface area contributed by atoms with Gasteiger partial charge in [-0.15, -0.1) is 22.9 Å². The zero-order chi connectivity index (χ0) is 15.5. The van der Waals surface area contributed by atoms with Gasteiger partial charge in [-0.1, -0.05) is 30.3 Å².